The number of allylic oxidation sites excluding steroid dienone is 2. The van der Waals surface area contributed by atoms with Crippen LogP contribution in [0.4, 0.5) is 0 Å². The molecule has 1 heterocycles. The Hall–Kier alpha value is -0.235. The normalized spacial score (nSPS) is 23.5. The second-order valence-corrected chi connectivity index (χ2v) is 2.85. The van der Waals surface area contributed by atoms with E-state index in [4.69, 9.17) is 4.65 Å². The highest BCUT2D eigenvalue weighted by Crippen LogP contribution is 2.12. The van der Waals surface area contributed by atoms with Crippen LogP contribution in [-0.2, 0) is 4.65 Å². The van der Waals surface area contributed by atoms with Crippen LogP contribution in [0.25, 0.3) is 0 Å². The van der Waals surface area contributed by atoms with Gasteiger partial charge < -0.3 is 4.65 Å². The molecule has 0 saturated heterocycles. The minimum absolute atomic E-state index is 0.483. The van der Waals surface area contributed by atoms with Crippen molar-refractivity contribution in [1.29, 1.82) is 0 Å². The molecule has 1 aliphatic rings. The standard InChI is InChI=1S/C8H15BO/c1-10-9-7-5-3-2-4-6-8-9/h3,5H,2,4,6-8H2,1H3/b5-3-. The zero-order chi connectivity index (χ0) is 7.23. The molecule has 0 saturated carbocycles. The maximum atomic E-state index is 5.28. The summed E-state index contributed by atoms with van der Waals surface area (Å²) in [6.07, 6.45) is 10.8. The van der Waals surface area contributed by atoms with Gasteiger partial charge in [-0.3, -0.25) is 0 Å². The fourth-order valence-electron chi connectivity index (χ4n) is 1.33. The minimum Gasteiger partial charge on any atom is -0.438 e. The van der Waals surface area contributed by atoms with Crippen LogP contribution in [0.5, 0.6) is 0 Å². The lowest BCUT2D eigenvalue weighted by atomic mass is 9.59. The van der Waals surface area contributed by atoms with Crippen molar-refractivity contribution < 1.29 is 4.65 Å². The van der Waals surface area contributed by atoms with E-state index >= 15 is 0 Å². The van der Waals surface area contributed by atoms with Crippen molar-refractivity contribution in [2.75, 3.05) is 7.11 Å². The van der Waals surface area contributed by atoms with Crippen molar-refractivity contribution in [3.05, 3.63) is 12.2 Å². The molecule has 0 amide bonds. The molecule has 56 valence electrons. The van der Waals surface area contributed by atoms with Crippen LogP contribution in [0.2, 0.25) is 12.6 Å². The zero-order valence-corrected chi connectivity index (χ0v) is 6.68. The Kier molecular flexibility index (Phi) is 3.59. The van der Waals surface area contributed by atoms with Gasteiger partial charge in [0.25, 0.3) is 6.92 Å². The highest BCUT2D eigenvalue weighted by Gasteiger charge is 2.11. The molecule has 0 bridgehead atoms. The molecule has 1 aliphatic heterocycles. The Balaban J connectivity index is 2.30. The maximum Gasteiger partial charge on any atom is 0.296 e. The Labute approximate surface area is 63.6 Å². The van der Waals surface area contributed by atoms with E-state index in [9.17, 15) is 0 Å². The number of hydrogen-bond donors (Lipinski definition) is 0. The van der Waals surface area contributed by atoms with Crippen LogP contribution in [0.1, 0.15) is 19.3 Å². The molecule has 1 nitrogen and oxygen atoms in total. The SMILES string of the molecule is COB1C/C=C\CCCC1. The van der Waals surface area contributed by atoms with Crippen molar-refractivity contribution >= 4 is 6.92 Å². The van der Waals surface area contributed by atoms with Gasteiger partial charge in [-0.2, -0.15) is 0 Å². The molecule has 10 heavy (non-hydrogen) atoms. The molecular weight excluding hydrogens is 123 g/mol. The Morgan fingerprint density at radius 2 is 2.20 bits per heavy atom. The van der Waals surface area contributed by atoms with Gasteiger partial charge in [-0.25, -0.2) is 0 Å². The van der Waals surface area contributed by atoms with E-state index in [0.29, 0.717) is 6.92 Å². The third-order valence-corrected chi connectivity index (χ3v) is 2.05. The van der Waals surface area contributed by atoms with Crippen LogP contribution < -0.4 is 0 Å². The van der Waals surface area contributed by atoms with Crippen LogP contribution in [-0.4, -0.2) is 14.0 Å². The van der Waals surface area contributed by atoms with Gasteiger partial charge in [0.05, 0.1) is 0 Å². The maximum absolute atomic E-state index is 5.28. The van der Waals surface area contributed by atoms with Crippen LogP contribution in [0, 0.1) is 0 Å². The fraction of sp³-hybridized carbons (Fsp3) is 0.750. The van der Waals surface area contributed by atoms with Gasteiger partial charge in [0.1, 0.15) is 0 Å². The molecule has 0 spiro atoms. The van der Waals surface area contributed by atoms with Crippen molar-refractivity contribution in [2.45, 2.75) is 31.9 Å². The average Bonchev–Trinajstić information content (AvgIpc) is 1.87. The lowest BCUT2D eigenvalue weighted by Crippen LogP contribution is -2.14. The molecule has 0 fully saturated rings. The lowest BCUT2D eigenvalue weighted by Gasteiger charge is -2.10. The largest absolute Gasteiger partial charge is 0.438 e. The third kappa shape index (κ3) is 2.57. The zero-order valence-electron chi connectivity index (χ0n) is 6.68. The number of hydrogen-bond acceptors (Lipinski definition) is 1. The van der Waals surface area contributed by atoms with Gasteiger partial charge in [0.15, 0.2) is 0 Å². The van der Waals surface area contributed by atoms with E-state index in [1.807, 2.05) is 0 Å². The minimum atomic E-state index is 0.483. The average molecular weight is 138 g/mol. The summed E-state index contributed by atoms with van der Waals surface area (Å²) < 4.78 is 5.28. The van der Waals surface area contributed by atoms with Crippen molar-refractivity contribution in [1.82, 2.24) is 0 Å². The van der Waals surface area contributed by atoms with Gasteiger partial charge >= 0.3 is 0 Å². The molecule has 2 heteroatoms. The summed E-state index contributed by atoms with van der Waals surface area (Å²) >= 11 is 0. The summed E-state index contributed by atoms with van der Waals surface area (Å²) in [5, 5.41) is 0. The summed E-state index contributed by atoms with van der Waals surface area (Å²) in [6, 6.07) is 0. The van der Waals surface area contributed by atoms with Crippen molar-refractivity contribution in [3.8, 4) is 0 Å². The van der Waals surface area contributed by atoms with Crippen LogP contribution in [0.15, 0.2) is 12.2 Å². The monoisotopic (exact) mass is 138 g/mol. The molecule has 0 aromatic carbocycles. The molecule has 0 N–H and O–H groups in total. The molecule has 0 aliphatic carbocycles. The topological polar surface area (TPSA) is 9.23 Å². The van der Waals surface area contributed by atoms with E-state index in [0.717, 1.165) is 6.32 Å². The van der Waals surface area contributed by atoms with Gasteiger partial charge in [-0.15, -0.1) is 0 Å². The predicted octanol–water partition coefficient (Wildman–Crippen LogP) is 2.36. The first-order valence-electron chi connectivity index (χ1n) is 4.11. The summed E-state index contributed by atoms with van der Waals surface area (Å²) in [7, 11) is 1.81. The van der Waals surface area contributed by atoms with E-state index in [-0.39, 0.29) is 0 Å². The lowest BCUT2D eigenvalue weighted by molar-refractivity contribution is 0.417. The van der Waals surface area contributed by atoms with E-state index in [2.05, 4.69) is 12.2 Å². The first-order chi connectivity index (χ1) is 4.93. The highest BCUT2D eigenvalue weighted by atomic mass is 16.4. The third-order valence-electron chi connectivity index (χ3n) is 2.05. The summed E-state index contributed by atoms with van der Waals surface area (Å²) in [6.45, 7) is 0.483. The van der Waals surface area contributed by atoms with Crippen molar-refractivity contribution in [2.24, 2.45) is 0 Å². The van der Waals surface area contributed by atoms with Gasteiger partial charge in [0.2, 0.25) is 0 Å². The quantitative estimate of drug-likeness (QED) is 0.399. The van der Waals surface area contributed by atoms with Crippen molar-refractivity contribution in [3.63, 3.8) is 0 Å². The highest BCUT2D eigenvalue weighted by molar-refractivity contribution is 6.52. The van der Waals surface area contributed by atoms with Gasteiger partial charge in [-0.05, 0) is 19.1 Å². The Morgan fingerprint density at radius 3 is 3.00 bits per heavy atom. The first-order valence-corrected chi connectivity index (χ1v) is 4.11. The van der Waals surface area contributed by atoms with Crippen LogP contribution in [0.3, 0.4) is 0 Å². The molecule has 1 rings (SSSR count). The first kappa shape index (κ1) is 7.87. The second kappa shape index (κ2) is 4.56. The van der Waals surface area contributed by atoms with Gasteiger partial charge in [-0.1, -0.05) is 25.0 Å². The van der Waals surface area contributed by atoms with Gasteiger partial charge in [0, 0.05) is 7.11 Å². The fourth-order valence-corrected chi connectivity index (χ4v) is 1.33. The Morgan fingerprint density at radius 1 is 1.30 bits per heavy atom. The summed E-state index contributed by atoms with van der Waals surface area (Å²) in [5.41, 5.74) is 0. The predicted molar refractivity (Wildman–Crippen MR) is 45.4 cm³/mol. The molecular formula is C8H15BO. The number of rotatable bonds is 1. The summed E-state index contributed by atoms with van der Waals surface area (Å²) in [5.74, 6) is 0. The van der Waals surface area contributed by atoms with E-state index < -0.39 is 0 Å². The molecule has 0 unspecified atom stereocenters. The molecule has 0 aromatic heterocycles. The Bertz CT molecular complexity index is 112. The van der Waals surface area contributed by atoms with Crippen LogP contribution >= 0.6 is 0 Å². The van der Waals surface area contributed by atoms with E-state index in [1.165, 1.54) is 25.6 Å². The molecule has 0 atom stereocenters. The summed E-state index contributed by atoms with van der Waals surface area (Å²) in [4.78, 5) is 0. The van der Waals surface area contributed by atoms with E-state index in [1.54, 1.807) is 7.11 Å². The molecule has 0 radical (unpaired) electrons. The smallest absolute Gasteiger partial charge is 0.296 e. The molecule has 0 aromatic rings. The second-order valence-electron chi connectivity index (χ2n) is 2.85.